The molecular formula is C18H24ClN3O2. The molecule has 1 N–H and O–H groups in total. The number of halogens is 1. The van der Waals surface area contributed by atoms with E-state index in [1.807, 2.05) is 31.2 Å². The average molecular weight is 350 g/mol. The molecule has 5 nitrogen and oxygen atoms in total. The molecule has 0 bridgehead atoms. The fourth-order valence-electron chi connectivity index (χ4n) is 3.06. The number of aromatic nitrogens is 2. The van der Waals surface area contributed by atoms with Gasteiger partial charge in [0.25, 0.3) is 0 Å². The first-order valence-electron chi connectivity index (χ1n) is 8.28. The number of ether oxygens (including phenoxy) is 1. The number of imidazole rings is 1. The van der Waals surface area contributed by atoms with E-state index in [2.05, 4.69) is 21.4 Å². The zero-order chi connectivity index (χ0) is 17.1. The molecule has 1 unspecified atom stereocenters. The van der Waals surface area contributed by atoms with Crippen molar-refractivity contribution in [3.8, 4) is 0 Å². The molecule has 2 heterocycles. The maximum atomic E-state index is 10.2. The zero-order valence-electron chi connectivity index (χ0n) is 14.2. The second-order valence-electron chi connectivity index (χ2n) is 6.38. The number of β-amino-alcohol motifs (C(OH)–C–C–N with tert-alkyl or cyclic N) is 1. The van der Waals surface area contributed by atoms with Crippen LogP contribution < -0.4 is 0 Å². The molecule has 0 radical (unpaired) electrons. The van der Waals surface area contributed by atoms with E-state index in [0.29, 0.717) is 24.8 Å². The maximum Gasteiger partial charge on any atom is 0.123 e. The van der Waals surface area contributed by atoms with Crippen molar-refractivity contribution < 1.29 is 9.84 Å². The first kappa shape index (κ1) is 17.4. The van der Waals surface area contributed by atoms with E-state index < -0.39 is 6.10 Å². The largest absolute Gasteiger partial charge is 0.389 e. The molecule has 1 atom stereocenters. The summed E-state index contributed by atoms with van der Waals surface area (Å²) in [6.45, 7) is 8.21. The second kappa shape index (κ2) is 7.66. The van der Waals surface area contributed by atoms with Gasteiger partial charge in [-0.3, -0.25) is 4.90 Å². The maximum absolute atomic E-state index is 10.2. The number of nitrogens with zero attached hydrogens (tertiary/aromatic N) is 3. The van der Waals surface area contributed by atoms with Crippen molar-refractivity contribution in [2.24, 2.45) is 0 Å². The summed E-state index contributed by atoms with van der Waals surface area (Å²) in [5.41, 5.74) is 3.40. The Balaban J connectivity index is 1.44. The number of rotatable bonds is 6. The van der Waals surface area contributed by atoms with Crippen LogP contribution in [0.3, 0.4) is 0 Å². The topological polar surface area (TPSA) is 50.5 Å². The van der Waals surface area contributed by atoms with Gasteiger partial charge in [-0.05, 0) is 31.5 Å². The Kier molecular flexibility index (Phi) is 5.56. The van der Waals surface area contributed by atoms with Gasteiger partial charge in [0, 0.05) is 30.4 Å². The summed E-state index contributed by atoms with van der Waals surface area (Å²) in [5.74, 6) is 1.09. The van der Waals surface area contributed by atoms with Gasteiger partial charge in [0.05, 0.1) is 31.6 Å². The first-order valence-corrected chi connectivity index (χ1v) is 8.66. The number of aliphatic hydroxyl groups is 1. The molecule has 130 valence electrons. The van der Waals surface area contributed by atoms with Crippen LogP contribution in [0.25, 0.3) is 0 Å². The highest BCUT2D eigenvalue weighted by molar-refractivity contribution is 6.30. The molecule has 0 aliphatic carbocycles. The van der Waals surface area contributed by atoms with Crippen molar-refractivity contribution in [1.29, 1.82) is 0 Å². The fraction of sp³-hybridized carbons (Fsp3) is 0.500. The lowest BCUT2D eigenvalue weighted by molar-refractivity contribution is 0.00537. The molecule has 0 saturated carbocycles. The predicted octanol–water partition coefficient (Wildman–Crippen LogP) is 2.55. The summed E-state index contributed by atoms with van der Waals surface area (Å²) < 4.78 is 7.89. The standard InChI is InChI=1S/C18H24ClN3O2/c1-13-14(2)22-8-7-21(10-18(22)20-13)9-17(23)12-24-11-15-3-5-16(19)6-4-15/h3-6,17,23H,7-12H2,1-2H3. The van der Waals surface area contributed by atoms with Crippen LogP contribution in [0.4, 0.5) is 0 Å². The Hall–Kier alpha value is -1.40. The van der Waals surface area contributed by atoms with E-state index in [1.165, 1.54) is 5.69 Å². The van der Waals surface area contributed by atoms with Crippen LogP contribution in [-0.2, 0) is 24.4 Å². The van der Waals surface area contributed by atoms with Crippen LogP contribution in [0.2, 0.25) is 5.02 Å². The first-order chi connectivity index (χ1) is 11.5. The van der Waals surface area contributed by atoms with E-state index in [-0.39, 0.29) is 0 Å². The third-order valence-electron chi connectivity index (χ3n) is 4.50. The van der Waals surface area contributed by atoms with Gasteiger partial charge in [0.15, 0.2) is 0 Å². The van der Waals surface area contributed by atoms with Gasteiger partial charge in [-0.2, -0.15) is 0 Å². The van der Waals surface area contributed by atoms with Crippen LogP contribution >= 0.6 is 11.6 Å². The highest BCUT2D eigenvalue weighted by Crippen LogP contribution is 2.17. The molecular weight excluding hydrogens is 326 g/mol. The Morgan fingerprint density at radius 3 is 2.75 bits per heavy atom. The van der Waals surface area contributed by atoms with Gasteiger partial charge in [0.1, 0.15) is 5.82 Å². The number of hydrogen-bond donors (Lipinski definition) is 1. The van der Waals surface area contributed by atoms with Crippen molar-refractivity contribution in [2.75, 3.05) is 19.7 Å². The quantitative estimate of drug-likeness (QED) is 0.870. The molecule has 3 rings (SSSR count). The smallest absolute Gasteiger partial charge is 0.123 e. The molecule has 2 aromatic rings. The van der Waals surface area contributed by atoms with E-state index in [4.69, 9.17) is 16.3 Å². The van der Waals surface area contributed by atoms with Crippen LogP contribution in [0, 0.1) is 13.8 Å². The second-order valence-corrected chi connectivity index (χ2v) is 6.82. The molecule has 6 heteroatoms. The minimum atomic E-state index is -0.499. The number of hydrogen-bond acceptors (Lipinski definition) is 4. The number of fused-ring (bicyclic) bond motifs is 1. The highest BCUT2D eigenvalue weighted by Gasteiger charge is 2.22. The minimum absolute atomic E-state index is 0.325. The van der Waals surface area contributed by atoms with Gasteiger partial charge >= 0.3 is 0 Å². The molecule has 0 saturated heterocycles. The SMILES string of the molecule is Cc1nc2n(c1C)CCN(CC(O)COCc1ccc(Cl)cc1)C2. The monoisotopic (exact) mass is 349 g/mol. The Bertz CT molecular complexity index is 684. The number of benzene rings is 1. The molecule has 1 aliphatic heterocycles. The van der Waals surface area contributed by atoms with Crippen LogP contribution in [0.5, 0.6) is 0 Å². The van der Waals surface area contributed by atoms with Gasteiger partial charge in [-0.1, -0.05) is 23.7 Å². The van der Waals surface area contributed by atoms with E-state index in [9.17, 15) is 5.11 Å². The summed E-state index contributed by atoms with van der Waals surface area (Å²) >= 11 is 5.86. The normalized spacial score (nSPS) is 16.2. The lowest BCUT2D eigenvalue weighted by Gasteiger charge is -2.29. The van der Waals surface area contributed by atoms with Crippen molar-refractivity contribution in [2.45, 2.75) is 39.6 Å². The molecule has 0 amide bonds. The molecule has 1 aromatic carbocycles. The van der Waals surface area contributed by atoms with Crippen LogP contribution in [0.15, 0.2) is 24.3 Å². The molecule has 1 aromatic heterocycles. The minimum Gasteiger partial charge on any atom is -0.389 e. The summed E-state index contributed by atoms with van der Waals surface area (Å²) in [6.07, 6.45) is -0.499. The van der Waals surface area contributed by atoms with Crippen molar-refractivity contribution in [3.63, 3.8) is 0 Å². The molecule has 0 spiro atoms. The fourth-order valence-corrected chi connectivity index (χ4v) is 3.19. The molecule has 24 heavy (non-hydrogen) atoms. The van der Waals surface area contributed by atoms with E-state index in [1.54, 1.807) is 0 Å². The highest BCUT2D eigenvalue weighted by atomic mass is 35.5. The predicted molar refractivity (Wildman–Crippen MR) is 94.1 cm³/mol. The third kappa shape index (κ3) is 4.16. The molecule has 1 aliphatic rings. The Labute approximate surface area is 147 Å². The lowest BCUT2D eigenvalue weighted by Crippen LogP contribution is -2.40. The molecule has 0 fully saturated rings. The van der Waals surface area contributed by atoms with Gasteiger partial charge < -0.3 is 14.4 Å². The summed E-state index contributed by atoms with van der Waals surface area (Å²) in [4.78, 5) is 6.85. The Morgan fingerprint density at radius 1 is 1.25 bits per heavy atom. The zero-order valence-corrected chi connectivity index (χ0v) is 15.0. The lowest BCUT2D eigenvalue weighted by atomic mass is 10.2. The van der Waals surface area contributed by atoms with E-state index >= 15 is 0 Å². The van der Waals surface area contributed by atoms with Crippen LogP contribution in [-0.4, -0.2) is 45.4 Å². The third-order valence-corrected chi connectivity index (χ3v) is 4.75. The number of aliphatic hydroxyl groups excluding tert-OH is 1. The summed E-state index contributed by atoms with van der Waals surface area (Å²) in [7, 11) is 0. The summed E-state index contributed by atoms with van der Waals surface area (Å²) in [6, 6.07) is 7.56. The van der Waals surface area contributed by atoms with Crippen molar-refractivity contribution in [1.82, 2.24) is 14.5 Å². The van der Waals surface area contributed by atoms with E-state index in [0.717, 1.165) is 36.7 Å². The van der Waals surface area contributed by atoms with Gasteiger partial charge in [-0.25, -0.2) is 4.98 Å². The van der Waals surface area contributed by atoms with Crippen LogP contribution in [0.1, 0.15) is 22.8 Å². The number of aryl methyl sites for hydroxylation is 1. The van der Waals surface area contributed by atoms with Gasteiger partial charge in [0.2, 0.25) is 0 Å². The average Bonchev–Trinajstić information content (AvgIpc) is 2.83. The van der Waals surface area contributed by atoms with Crippen molar-refractivity contribution in [3.05, 3.63) is 52.1 Å². The Morgan fingerprint density at radius 2 is 2.00 bits per heavy atom. The van der Waals surface area contributed by atoms with Gasteiger partial charge in [-0.15, -0.1) is 0 Å². The summed E-state index contributed by atoms with van der Waals surface area (Å²) in [5, 5.41) is 10.9. The van der Waals surface area contributed by atoms with Crippen molar-refractivity contribution >= 4 is 11.6 Å².